The van der Waals surface area contributed by atoms with E-state index in [0.29, 0.717) is 18.9 Å². The number of benzene rings is 1. The average Bonchev–Trinajstić information content (AvgIpc) is 2.47. The second-order valence-electron chi connectivity index (χ2n) is 4.81. The summed E-state index contributed by atoms with van der Waals surface area (Å²) in [6.07, 6.45) is 1.54. The van der Waals surface area contributed by atoms with Gasteiger partial charge in [0.25, 0.3) is 0 Å². The van der Waals surface area contributed by atoms with Crippen LogP contribution in [0.2, 0.25) is 0 Å². The number of methoxy groups -OCH3 is 1. The Balaban J connectivity index is 0.00000220. The molecule has 1 atom stereocenters. The fourth-order valence-electron chi connectivity index (χ4n) is 2.26. The van der Waals surface area contributed by atoms with Crippen LogP contribution in [0.25, 0.3) is 0 Å². The molecule has 3 N–H and O–H groups in total. The lowest BCUT2D eigenvalue weighted by Gasteiger charge is -2.26. The molecule has 1 unspecified atom stereocenters. The van der Waals surface area contributed by atoms with Gasteiger partial charge in [0, 0.05) is 25.0 Å². The molecule has 1 aromatic carbocycles. The summed E-state index contributed by atoms with van der Waals surface area (Å²) < 4.78 is 23.6. The summed E-state index contributed by atoms with van der Waals surface area (Å²) in [6.45, 7) is 1.26. The number of carbonyl (C=O) groups is 1. The third-order valence-electron chi connectivity index (χ3n) is 3.50. The molecule has 5 nitrogen and oxygen atoms in total. The molecule has 118 valence electrons. The number of ether oxygens (including phenoxy) is 2. The van der Waals surface area contributed by atoms with Crippen LogP contribution in [0.1, 0.15) is 12.8 Å². The van der Waals surface area contributed by atoms with Crippen molar-refractivity contribution < 1.29 is 18.7 Å². The summed E-state index contributed by atoms with van der Waals surface area (Å²) in [7, 11) is 1.39. The van der Waals surface area contributed by atoms with Gasteiger partial charge in [-0.15, -0.1) is 12.4 Å². The standard InChI is InChI=1S/C14H19FN2O3.ClH/c1-19-12-3-2-10(8-11(12)15)17-14(18)13(16)9-4-6-20-7-5-9;/h2-3,8-9,13H,4-7,16H2,1H3,(H,17,18);1H. The minimum absolute atomic E-state index is 0. The molecule has 0 aliphatic carbocycles. The summed E-state index contributed by atoms with van der Waals surface area (Å²) in [5.41, 5.74) is 6.32. The second-order valence-corrected chi connectivity index (χ2v) is 4.81. The van der Waals surface area contributed by atoms with Crippen molar-refractivity contribution in [1.82, 2.24) is 0 Å². The molecule has 1 fully saturated rings. The lowest BCUT2D eigenvalue weighted by molar-refractivity contribution is -0.119. The van der Waals surface area contributed by atoms with Gasteiger partial charge in [0.15, 0.2) is 11.6 Å². The fourth-order valence-corrected chi connectivity index (χ4v) is 2.26. The van der Waals surface area contributed by atoms with Gasteiger partial charge in [-0.05, 0) is 30.9 Å². The number of anilines is 1. The van der Waals surface area contributed by atoms with Gasteiger partial charge in [-0.3, -0.25) is 4.79 Å². The van der Waals surface area contributed by atoms with E-state index in [9.17, 15) is 9.18 Å². The highest BCUT2D eigenvalue weighted by atomic mass is 35.5. The maximum atomic E-state index is 13.5. The molecule has 0 saturated carbocycles. The number of hydrogen-bond acceptors (Lipinski definition) is 4. The average molecular weight is 319 g/mol. The predicted octanol–water partition coefficient (Wildman–Crippen LogP) is 1.95. The molecular formula is C14H20ClFN2O3. The molecule has 1 amide bonds. The van der Waals surface area contributed by atoms with Gasteiger partial charge >= 0.3 is 0 Å². The van der Waals surface area contributed by atoms with E-state index in [1.165, 1.54) is 19.2 Å². The van der Waals surface area contributed by atoms with Crippen molar-refractivity contribution >= 4 is 24.0 Å². The van der Waals surface area contributed by atoms with Crippen LogP contribution in [0.3, 0.4) is 0 Å². The molecule has 0 radical (unpaired) electrons. The molecule has 0 bridgehead atoms. The van der Waals surface area contributed by atoms with Crippen molar-refractivity contribution in [3.63, 3.8) is 0 Å². The van der Waals surface area contributed by atoms with Crippen LogP contribution in [-0.2, 0) is 9.53 Å². The van der Waals surface area contributed by atoms with Gasteiger partial charge in [0.05, 0.1) is 13.2 Å². The highest BCUT2D eigenvalue weighted by Crippen LogP contribution is 2.22. The lowest BCUT2D eigenvalue weighted by Crippen LogP contribution is -2.44. The SMILES string of the molecule is COc1ccc(NC(=O)C(N)C2CCOCC2)cc1F.Cl. The third-order valence-corrected chi connectivity index (χ3v) is 3.50. The number of nitrogens with two attached hydrogens (primary N) is 1. The van der Waals surface area contributed by atoms with Crippen LogP contribution in [-0.4, -0.2) is 32.3 Å². The summed E-state index contributed by atoms with van der Waals surface area (Å²) in [5.74, 6) is -0.588. The molecule has 1 aliphatic heterocycles. The molecule has 7 heteroatoms. The summed E-state index contributed by atoms with van der Waals surface area (Å²) in [4.78, 5) is 12.0. The van der Waals surface area contributed by atoms with E-state index in [-0.39, 0.29) is 30.0 Å². The minimum Gasteiger partial charge on any atom is -0.494 e. The first-order valence-corrected chi connectivity index (χ1v) is 6.59. The molecule has 1 heterocycles. The first-order chi connectivity index (χ1) is 9.61. The van der Waals surface area contributed by atoms with E-state index >= 15 is 0 Å². The van der Waals surface area contributed by atoms with Crippen LogP contribution in [0.4, 0.5) is 10.1 Å². The largest absolute Gasteiger partial charge is 0.494 e. The first-order valence-electron chi connectivity index (χ1n) is 6.59. The van der Waals surface area contributed by atoms with Crippen molar-refractivity contribution in [3.8, 4) is 5.75 Å². The zero-order valence-electron chi connectivity index (χ0n) is 11.8. The minimum atomic E-state index is -0.607. The number of rotatable bonds is 4. The van der Waals surface area contributed by atoms with Crippen molar-refractivity contribution in [2.75, 3.05) is 25.6 Å². The summed E-state index contributed by atoms with van der Waals surface area (Å²) in [5, 5.41) is 2.63. The Bertz CT molecular complexity index is 481. The number of hydrogen-bond donors (Lipinski definition) is 2. The normalized spacial score (nSPS) is 16.7. The zero-order chi connectivity index (χ0) is 14.5. The maximum Gasteiger partial charge on any atom is 0.241 e. The van der Waals surface area contributed by atoms with E-state index in [1.54, 1.807) is 6.07 Å². The number of nitrogens with one attached hydrogen (secondary N) is 1. The van der Waals surface area contributed by atoms with Crippen molar-refractivity contribution in [2.24, 2.45) is 11.7 Å². The van der Waals surface area contributed by atoms with Crippen molar-refractivity contribution in [2.45, 2.75) is 18.9 Å². The van der Waals surface area contributed by atoms with Gasteiger partial charge in [-0.25, -0.2) is 4.39 Å². The molecule has 2 rings (SSSR count). The van der Waals surface area contributed by atoms with Gasteiger partial charge < -0.3 is 20.5 Å². The fraction of sp³-hybridized carbons (Fsp3) is 0.500. The molecule has 0 aromatic heterocycles. The van der Waals surface area contributed by atoms with Crippen LogP contribution < -0.4 is 15.8 Å². The Hall–Kier alpha value is -1.37. The topological polar surface area (TPSA) is 73.6 Å². The Labute approximate surface area is 129 Å². The maximum absolute atomic E-state index is 13.5. The molecule has 1 aromatic rings. The highest BCUT2D eigenvalue weighted by molar-refractivity contribution is 5.94. The Morgan fingerprint density at radius 1 is 1.48 bits per heavy atom. The van der Waals surface area contributed by atoms with Crippen molar-refractivity contribution in [3.05, 3.63) is 24.0 Å². The summed E-state index contributed by atoms with van der Waals surface area (Å²) in [6, 6.07) is 3.65. The Morgan fingerprint density at radius 2 is 2.14 bits per heavy atom. The second kappa shape index (κ2) is 8.17. The molecule has 1 aliphatic rings. The number of amides is 1. The van der Waals surface area contributed by atoms with Crippen LogP contribution >= 0.6 is 12.4 Å². The van der Waals surface area contributed by atoms with Crippen molar-refractivity contribution in [1.29, 1.82) is 0 Å². The molecule has 0 spiro atoms. The van der Waals surface area contributed by atoms with Crippen LogP contribution in [0, 0.1) is 11.7 Å². The highest BCUT2D eigenvalue weighted by Gasteiger charge is 2.26. The zero-order valence-corrected chi connectivity index (χ0v) is 12.6. The third kappa shape index (κ3) is 4.56. The van der Waals surface area contributed by atoms with Gasteiger partial charge in [-0.2, -0.15) is 0 Å². The Kier molecular flexibility index (Phi) is 6.87. The van der Waals surface area contributed by atoms with Gasteiger partial charge in [0.2, 0.25) is 5.91 Å². The van der Waals surface area contributed by atoms with Gasteiger partial charge in [-0.1, -0.05) is 0 Å². The quantitative estimate of drug-likeness (QED) is 0.890. The Morgan fingerprint density at radius 3 is 2.71 bits per heavy atom. The van der Waals surface area contributed by atoms with Gasteiger partial charge in [0.1, 0.15) is 0 Å². The smallest absolute Gasteiger partial charge is 0.241 e. The number of halogens is 2. The number of carbonyl (C=O) groups excluding carboxylic acids is 1. The van der Waals surface area contributed by atoms with E-state index in [1.807, 2.05) is 0 Å². The van der Waals surface area contributed by atoms with Crippen LogP contribution in [0.5, 0.6) is 5.75 Å². The van der Waals surface area contributed by atoms with E-state index in [0.717, 1.165) is 12.8 Å². The van der Waals surface area contributed by atoms with E-state index in [2.05, 4.69) is 5.32 Å². The van der Waals surface area contributed by atoms with E-state index in [4.69, 9.17) is 15.2 Å². The molecule has 1 saturated heterocycles. The van der Waals surface area contributed by atoms with Crippen LogP contribution in [0.15, 0.2) is 18.2 Å². The first kappa shape index (κ1) is 17.7. The monoisotopic (exact) mass is 318 g/mol. The molecular weight excluding hydrogens is 299 g/mol. The van der Waals surface area contributed by atoms with E-state index < -0.39 is 11.9 Å². The molecule has 21 heavy (non-hydrogen) atoms. The predicted molar refractivity (Wildman–Crippen MR) is 80.3 cm³/mol. The summed E-state index contributed by atoms with van der Waals surface area (Å²) >= 11 is 0. The lowest BCUT2D eigenvalue weighted by atomic mass is 9.92.